The number of esters is 1. The van der Waals surface area contributed by atoms with Crippen molar-refractivity contribution in [2.45, 2.75) is 52.1 Å². The third-order valence-electron chi connectivity index (χ3n) is 2.71. The average molecular weight is 216 g/mol. The maximum Gasteiger partial charge on any atom is 0.310 e. The lowest BCUT2D eigenvalue weighted by Gasteiger charge is -2.29. The fourth-order valence-electron chi connectivity index (χ4n) is 1.43. The summed E-state index contributed by atoms with van der Waals surface area (Å²) in [5.41, 5.74) is 0. The molecule has 88 valence electrons. The van der Waals surface area contributed by atoms with Gasteiger partial charge in [0.15, 0.2) is 6.29 Å². The van der Waals surface area contributed by atoms with Crippen LogP contribution in [0.2, 0.25) is 0 Å². The Labute approximate surface area is 90.9 Å². The van der Waals surface area contributed by atoms with Gasteiger partial charge in [-0.25, -0.2) is 0 Å². The van der Waals surface area contributed by atoms with Gasteiger partial charge in [-0.2, -0.15) is 0 Å². The molecule has 3 unspecified atom stereocenters. The van der Waals surface area contributed by atoms with Crippen molar-refractivity contribution in [3.8, 4) is 0 Å². The van der Waals surface area contributed by atoms with Crippen LogP contribution in [0.15, 0.2) is 0 Å². The van der Waals surface area contributed by atoms with Crippen molar-refractivity contribution in [2.24, 2.45) is 5.92 Å². The molecule has 1 rings (SSSR count). The molecule has 0 N–H and O–H groups in total. The van der Waals surface area contributed by atoms with Gasteiger partial charge >= 0.3 is 5.97 Å². The van der Waals surface area contributed by atoms with Gasteiger partial charge in [0.25, 0.3) is 0 Å². The van der Waals surface area contributed by atoms with Crippen molar-refractivity contribution in [3.63, 3.8) is 0 Å². The van der Waals surface area contributed by atoms with Gasteiger partial charge in [-0.05, 0) is 19.3 Å². The van der Waals surface area contributed by atoms with Crippen molar-refractivity contribution in [1.82, 2.24) is 0 Å². The minimum absolute atomic E-state index is 0.0588. The minimum Gasteiger partial charge on any atom is -0.435 e. The van der Waals surface area contributed by atoms with Gasteiger partial charge in [-0.3, -0.25) is 4.79 Å². The van der Waals surface area contributed by atoms with Crippen LogP contribution in [0.4, 0.5) is 0 Å². The van der Waals surface area contributed by atoms with Gasteiger partial charge in [0.1, 0.15) is 0 Å². The van der Waals surface area contributed by atoms with Gasteiger partial charge in [-0.15, -0.1) is 0 Å². The lowest BCUT2D eigenvalue weighted by atomic mass is 10.1. The molecular weight excluding hydrogens is 196 g/mol. The van der Waals surface area contributed by atoms with Crippen molar-refractivity contribution in [1.29, 1.82) is 0 Å². The molecule has 4 nitrogen and oxygen atoms in total. The summed E-state index contributed by atoms with van der Waals surface area (Å²) in [6.07, 6.45) is 2.74. The fraction of sp³-hybridized carbons (Fsp3) is 0.909. The molecule has 0 amide bonds. The van der Waals surface area contributed by atoms with E-state index in [1.807, 2.05) is 13.8 Å². The standard InChI is InChI=1S/C11H20O4/c1-4-8(2)11(12)15-10-7-5-6-9(13-3)14-10/h8-10H,4-7H2,1-3H3. The summed E-state index contributed by atoms with van der Waals surface area (Å²) in [7, 11) is 1.60. The molecule has 0 bridgehead atoms. The van der Waals surface area contributed by atoms with Gasteiger partial charge in [0.05, 0.1) is 5.92 Å². The molecule has 1 saturated heterocycles. The molecular formula is C11H20O4. The van der Waals surface area contributed by atoms with Crippen LogP contribution in [-0.4, -0.2) is 25.7 Å². The Morgan fingerprint density at radius 3 is 2.73 bits per heavy atom. The normalized spacial score (nSPS) is 28.5. The first-order valence-electron chi connectivity index (χ1n) is 5.56. The first-order chi connectivity index (χ1) is 7.17. The number of hydrogen-bond acceptors (Lipinski definition) is 4. The summed E-state index contributed by atoms with van der Waals surface area (Å²) >= 11 is 0. The topological polar surface area (TPSA) is 44.8 Å². The molecule has 0 aromatic heterocycles. The molecule has 0 saturated carbocycles. The third kappa shape index (κ3) is 3.80. The number of ether oxygens (including phenoxy) is 3. The van der Waals surface area contributed by atoms with E-state index in [1.165, 1.54) is 0 Å². The highest BCUT2D eigenvalue weighted by atomic mass is 16.8. The molecule has 1 heterocycles. The zero-order valence-corrected chi connectivity index (χ0v) is 9.69. The Hall–Kier alpha value is -0.610. The zero-order chi connectivity index (χ0) is 11.3. The second kappa shape index (κ2) is 6.08. The highest BCUT2D eigenvalue weighted by Crippen LogP contribution is 2.21. The summed E-state index contributed by atoms with van der Waals surface area (Å²) in [6, 6.07) is 0. The average Bonchev–Trinajstić information content (AvgIpc) is 2.28. The number of carbonyl (C=O) groups is 1. The zero-order valence-electron chi connectivity index (χ0n) is 9.69. The Morgan fingerprint density at radius 2 is 2.13 bits per heavy atom. The van der Waals surface area contributed by atoms with Crippen LogP contribution in [0, 0.1) is 5.92 Å². The van der Waals surface area contributed by atoms with Crippen LogP contribution in [-0.2, 0) is 19.0 Å². The number of rotatable bonds is 4. The van der Waals surface area contributed by atoms with Crippen LogP contribution in [0.25, 0.3) is 0 Å². The molecule has 1 aliphatic heterocycles. The molecule has 3 atom stereocenters. The predicted octanol–water partition coefficient (Wildman–Crippen LogP) is 2.07. The van der Waals surface area contributed by atoms with Crippen molar-refractivity contribution in [2.75, 3.05) is 7.11 Å². The van der Waals surface area contributed by atoms with Gasteiger partial charge in [0, 0.05) is 13.5 Å². The van der Waals surface area contributed by atoms with Crippen LogP contribution in [0.1, 0.15) is 39.5 Å². The first kappa shape index (κ1) is 12.5. The molecule has 15 heavy (non-hydrogen) atoms. The lowest BCUT2D eigenvalue weighted by Crippen LogP contribution is -2.33. The van der Waals surface area contributed by atoms with E-state index in [0.29, 0.717) is 0 Å². The molecule has 4 heteroatoms. The SMILES string of the molecule is CCC(C)C(=O)OC1CCCC(OC)O1. The Morgan fingerprint density at radius 1 is 1.47 bits per heavy atom. The number of hydrogen-bond donors (Lipinski definition) is 0. The summed E-state index contributed by atoms with van der Waals surface area (Å²) in [5, 5.41) is 0. The molecule has 0 spiro atoms. The Bertz CT molecular complexity index is 205. The second-order valence-electron chi connectivity index (χ2n) is 3.91. The van der Waals surface area contributed by atoms with E-state index in [0.717, 1.165) is 25.7 Å². The minimum atomic E-state index is -0.426. The van der Waals surface area contributed by atoms with Gasteiger partial charge in [-0.1, -0.05) is 13.8 Å². The third-order valence-corrected chi connectivity index (χ3v) is 2.71. The summed E-state index contributed by atoms with van der Waals surface area (Å²) in [5.74, 6) is -0.240. The molecule has 1 aliphatic rings. The van der Waals surface area contributed by atoms with Gasteiger partial charge < -0.3 is 14.2 Å². The number of carbonyl (C=O) groups excluding carboxylic acids is 1. The second-order valence-corrected chi connectivity index (χ2v) is 3.91. The molecule has 0 aromatic rings. The van der Waals surface area contributed by atoms with Crippen LogP contribution in [0.3, 0.4) is 0 Å². The smallest absolute Gasteiger partial charge is 0.310 e. The van der Waals surface area contributed by atoms with E-state index < -0.39 is 6.29 Å². The largest absolute Gasteiger partial charge is 0.435 e. The summed E-state index contributed by atoms with van der Waals surface area (Å²) in [4.78, 5) is 11.5. The van der Waals surface area contributed by atoms with Crippen LogP contribution in [0.5, 0.6) is 0 Å². The number of methoxy groups -OCH3 is 1. The van der Waals surface area contributed by atoms with E-state index in [2.05, 4.69) is 0 Å². The van der Waals surface area contributed by atoms with E-state index in [9.17, 15) is 4.79 Å². The Kier molecular flexibility index (Phi) is 5.05. The highest BCUT2D eigenvalue weighted by Gasteiger charge is 2.26. The maximum absolute atomic E-state index is 11.5. The van der Waals surface area contributed by atoms with Crippen molar-refractivity contribution in [3.05, 3.63) is 0 Å². The fourth-order valence-corrected chi connectivity index (χ4v) is 1.43. The van der Waals surface area contributed by atoms with Crippen LogP contribution >= 0.6 is 0 Å². The Balaban J connectivity index is 2.34. The van der Waals surface area contributed by atoms with Crippen molar-refractivity contribution < 1.29 is 19.0 Å². The summed E-state index contributed by atoms with van der Waals surface area (Å²) < 4.78 is 15.7. The predicted molar refractivity (Wildman–Crippen MR) is 55.1 cm³/mol. The quantitative estimate of drug-likeness (QED) is 0.675. The van der Waals surface area contributed by atoms with E-state index in [-0.39, 0.29) is 18.2 Å². The van der Waals surface area contributed by atoms with Crippen LogP contribution < -0.4 is 0 Å². The molecule has 0 aliphatic carbocycles. The monoisotopic (exact) mass is 216 g/mol. The summed E-state index contributed by atoms with van der Waals surface area (Å²) in [6.45, 7) is 3.82. The maximum atomic E-state index is 11.5. The van der Waals surface area contributed by atoms with Crippen molar-refractivity contribution >= 4 is 5.97 Å². The molecule has 1 fully saturated rings. The molecule has 0 radical (unpaired) electrons. The molecule has 0 aromatic carbocycles. The first-order valence-corrected chi connectivity index (χ1v) is 5.56. The van der Waals surface area contributed by atoms with E-state index >= 15 is 0 Å². The highest BCUT2D eigenvalue weighted by molar-refractivity contribution is 5.71. The lowest BCUT2D eigenvalue weighted by molar-refractivity contribution is -0.255. The van der Waals surface area contributed by atoms with E-state index in [4.69, 9.17) is 14.2 Å². The van der Waals surface area contributed by atoms with E-state index in [1.54, 1.807) is 7.11 Å². The van der Waals surface area contributed by atoms with Gasteiger partial charge in [0.2, 0.25) is 6.29 Å².